The van der Waals surface area contributed by atoms with Crippen LogP contribution in [0.15, 0.2) is 18.2 Å². The number of nitrogens with two attached hydrogens (primary N) is 1. The summed E-state index contributed by atoms with van der Waals surface area (Å²) in [4.78, 5) is 12.0. The zero-order valence-electron chi connectivity index (χ0n) is 9.91. The summed E-state index contributed by atoms with van der Waals surface area (Å²) in [5.74, 6) is 5.56. The summed E-state index contributed by atoms with van der Waals surface area (Å²) >= 11 is 1.86. The van der Waals surface area contributed by atoms with Gasteiger partial charge < -0.3 is 10.7 Å². The van der Waals surface area contributed by atoms with Gasteiger partial charge in [-0.25, -0.2) is 4.39 Å². The van der Waals surface area contributed by atoms with E-state index in [0.29, 0.717) is 11.8 Å². The Morgan fingerprint density at radius 1 is 1.56 bits per heavy atom. The van der Waals surface area contributed by atoms with Crippen LogP contribution in [0.5, 0.6) is 0 Å². The zero-order chi connectivity index (χ0) is 13.0. The van der Waals surface area contributed by atoms with E-state index in [4.69, 9.17) is 5.84 Å². The first kappa shape index (κ1) is 13.2. The Labute approximate surface area is 109 Å². The average molecular weight is 269 g/mol. The molecule has 1 saturated heterocycles. The topological polar surface area (TPSA) is 67.1 Å². The molecule has 1 unspecified atom stereocenters. The third kappa shape index (κ3) is 2.94. The van der Waals surface area contributed by atoms with Gasteiger partial charge in [-0.15, -0.1) is 0 Å². The van der Waals surface area contributed by atoms with E-state index in [0.717, 1.165) is 12.2 Å². The van der Waals surface area contributed by atoms with Crippen molar-refractivity contribution in [3.05, 3.63) is 29.6 Å². The van der Waals surface area contributed by atoms with E-state index in [9.17, 15) is 9.18 Å². The van der Waals surface area contributed by atoms with Crippen LogP contribution in [0.2, 0.25) is 0 Å². The number of hydrogen-bond acceptors (Lipinski definition) is 4. The van der Waals surface area contributed by atoms with Crippen molar-refractivity contribution >= 4 is 23.4 Å². The van der Waals surface area contributed by atoms with Gasteiger partial charge in [-0.2, -0.15) is 11.8 Å². The van der Waals surface area contributed by atoms with Crippen molar-refractivity contribution in [2.45, 2.75) is 18.1 Å². The van der Waals surface area contributed by atoms with Gasteiger partial charge in [0.05, 0.1) is 11.3 Å². The van der Waals surface area contributed by atoms with Crippen molar-refractivity contribution in [2.24, 2.45) is 5.84 Å². The lowest BCUT2D eigenvalue weighted by molar-refractivity contribution is 0.0954. The maximum Gasteiger partial charge on any atom is 0.253 e. The molecule has 1 fully saturated rings. The summed E-state index contributed by atoms with van der Waals surface area (Å²) in [5.41, 5.74) is 2.50. The Hall–Kier alpha value is -1.27. The van der Waals surface area contributed by atoms with Crippen LogP contribution in [0.1, 0.15) is 23.2 Å². The highest BCUT2D eigenvalue weighted by Gasteiger charge is 2.18. The number of para-hydroxylation sites is 1. The maximum absolute atomic E-state index is 13.4. The van der Waals surface area contributed by atoms with Crippen molar-refractivity contribution in [3.63, 3.8) is 0 Å². The standard InChI is InChI=1S/C12H16FN3OS/c13-10-5-1-4-9(11(10)16-14)12(17)15-7-8-3-2-6-18-8/h1,4-5,8,16H,2-3,6-7,14H2,(H,15,17). The molecule has 0 aromatic heterocycles. The van der Waals surface area contributed by atoms with Gasteiger partial charge in [0.1, 0.15) is 5.82 Å². The number of rotatable bonds is 4. The Bertz CT molecular complexity index is 435. The van der Waals surface area contributed by atoms with Gasteiger partial charge in [0.15, 0.2) is 0 Å². The highest BCUT2D eigenvalue weighted by atomic mass is 32.2. The minimum Gasteiger partial charge on any atom is -0.351 e. The van der Waals surface area contributed by atoms with Crippen molar-refractivity contribution in [1.82, 2.24) is 5.32 Å². The Morgan fingerprint density at radius 2 is 2.39 bits per heavy atom. The monoisotopic (exact) mass is 269 g/mol. The molecule has 6 heteroatoms. The van der Waals surface area contributed by atoms with E-state index in [2.05, 4.69) is 10.7 Å². The highest BCUT2D eigenvalue weighted by Crippen LogP contribution is 2.25. The van der Waals surface area contributed by atoms with Gasteiger partial charge in [0.25, 0.3) is 5.91 Å². The third-order valence-corrected chi connectivity index (χ3v) is 4.32. The van der Waals surface area contributed by atoms with E-state index < -0.39 is 5.82 Å². The lowest BCUT2D eigenvalue weighted by atomic mass is 10.1. The van der Waals surface area contributed by atoms with Gasteiger partial charge in [-0.3, -0.25) is 10.6 Å². The molecule has 1 atom stereocenters. The van der Waals surface area contributed by atoms with E-state index in [1.165, 1.54) is 18.6 Å². The number of anilines is 1. The summed E-state index contributed by atoms with van der Waals surface area (Å²) in [6.07, 6.45) is 2.32. The first-order chi connectivity index (χ1) is 8.72. The minimum absolute atomic E-state index is 0.0362. The van der Waals surface area contributed by atoms with Gasteiger partial charge in [-0.1, -0.05) is 6.07 Å². The first-order valence-electron chi connectivity index (χ1n) is 5.87. The molecule has 98 valence electrons. The van der Waals surface area contributed by atoms with Crippen LogP contribution in [0.4, 0.5) is 10.1 Å². The largest absolute Gasteiger partial charge is 0.351 e. The lowest BCUT2D eigenvalue weighted by Gasteiger charge is -2.12. The average Bonchev–Trinajstić information content (AvgIpc) is 2.88. The molecule has 2 rings (SSSR count). The molecular weight excluding hydrogens is 253 g/mol. The summed E-state index contributed by atoms with van der Waals surface area (Å²) in [6, 6.07) is 4.31. The Kier molecular flexibility index (Phi) is 4.43. The second kappa shape index (κ2) is 6.06. The van der Waals surface area contributed by atoms with Crippen molar-refractivity contribution in [1.29, 1.82) is 0 Å². The third-order valence-electron chi connectivity index (χ3n) is 2.92. The van der Waals surface area contributed by atoms with Crippen molar-refractivity contribution in [3.8, 4) is 0 Å². The molecule has 4 N–H and O–H groups in total. The fraction of sp³-hybridized carbons (Fsp3) is 0.417. The molecule has 0 spiro atoms. The highest BCUT2D eigenvalue weighted by molar-refractivity contribution is 8.00. The number of nitrogens with one attached hydrogen (secondary N) is 2. The predicted molar refractivity (Wildman–Crippen MR) is 72.0 cm³/mol. The number of amides is 1. The van der Waals surface area contributed by atoms with Crippen molar-refractivity contribution < 1.29 is 9.18 Å². The van der Waals surface area contributed by atoms with Crippen molar-refractivity contribution in [2.75, 3.05) is 17.7 Å². The van der Waals surface area contributed by atoms with E-state index in [1.54, 1.807) is 6.07 Å². The predicted octanol–water partition coefficient (Wildman–Crippen LogP) is 1.74. The molecule has 18 heavy (non-hydrogen) atoms. The normalized spacial score (nSPS) is 18.7. The number of thioether (sulfide) groups is 1. The number of hydrazine groups is 1. The second-order valence-electron chi connectivity index (χ2n) is 4.15. The first-order valence-corrected chi connectivity index (χ1v) is 6.92. The quantitative estimate of drug-likeness (QED) is 0.575. The molecule has 0 bridgehead atoms. The molecule has 1 aromatic carbocycles. The number of carbonyl (C=O) groups is 1. The van der Waals surface area contributed by atoms with Crippen LogP contribution in [-0.4, -0.2) is 23.5 Å². The molecule has 4 nitrogen and oxygen atoms in total. The lowest BCUT2D eigenvalue weighted by Crippen LogP contribution is -2.30. The van der Waals surface area contributed by atoms with Crippen LogP contribution >= 0.6 is 11.8 Å². The second-order valence-corrected chi connectivity index (χ2v) is 5.56. The molecule has 1 amide bonds. The van der Waals surface area contributed by atoms with Gasteiger partial charge >= 0.3 is 0 Å². The van der Waals surface area contributed by atoms with E-state index in [1.807, 2.05) is 11.8 Å². The SMILES string of the molecule is NNc1c(F)cccc1C(=O)NCC1CCCS1. The fourth-order valence-electron chi connectivity index (χ4n) is 1.97. The number of carbonyl (C=O) groups excluding carboxylic acids is 1. The molecule has 1 heterocycles. The summed E-state index contributed by atoms with van der Waals surface area (Å²) in [5, 5.41) is 3.29. The molecule has 1 aliphatic rings. The summed E-state index contributed by atoms with van der Waals surface area (Å²) < 4.78 is 13.4. The Balaban J connectivity index is 2.01. The van der Waals surface area contributed by atoms with Crippen LogP contribution in [-0.2, 0) is 0 Å². The van der Waals surface area contributed by atoms with Crippen LogP contribution in [0.25, 0.3) is 0 Å². The Morgan fingerprint density at radius 3 is 3.06 bits per heavy atom. The number of hydrogen-bond donors (Lipinski definition) is 3. The number of nitrogen functional groups attached to an aromatic ring is 1. The number of benzene rings is 1. The van der Waals surface area contributed by atoms with Gasteiger partial charge in [0.2, 0.25) is 0 Å². The molecular formula is C12H16FN3OS. The molecule has 0 aliphatic carbocycles. The van der Waals surface area contributed by atoms with E-state index >= 15 is 0 Å². The molecule has 1 aromatic rings. The van der Waals surface area contributed by atoms with Crippen LogP contribution < -0.4 is 16.6 Å². The van der Waals surface area contributed by atoms with Gasteiger partial charge in [-0.05, 0) is 30.7 Å². The summed E-state index contributed by atoms with van der Waals surface area (Å²) in [6.45, 7) is 0.615. The maximum atomic E-state index is 13.4. The van der Waals surface area contributed by atoms with Gasteiger partial charge in [0, 0.05) is 11.8 Å². The molecule has 0 radical (unpaired) electrons. The van der Waals surface area contributed by atoms with Crippen LogP contribution in [0, 0.1) is 5.82 Å². The molecule has 1 aliphatic heterocycles. The number of halogens is 1. The van der Waals surface area contributed by atoms with Crippen LogP contribution in [0.3, 0.4) is 0 Å². The minimum atomic E-state index is -0.527. The fourth-order valence-corrected chi connectivity index (χ4v) is 3.17. The smallest absolute Gasteiger partial charge is 0.253 e. The zero-order valence-corrected chi connectivity index (χ0v) is 10.7. The summed E-state index contributed by atoms with van der Waals surface area (Å²) in [7, 11) is 0. The van der Waals surface area contributed by atoms with E-state index in [-0.39, 0.29) is 17.2 Å². The molecule has 0 saturated carbocycles.